The van der Waals surface area contributed by atoms with Gasteiger partial charge in [-0.25, -0.2) is 0 Å². The normalized spacial score (nSPS) is 10.4. The molecule has 0 N–H and O–H groups in total. The van der Waals surface area contributed by atoms with Gasteiger partial charge >= 0.3 is 5.97 Å². The van der Waals surface area contributed by atoms with Gasteiger partial charge in [0.25, 0.3) is 0 Å². The first-order valence-electron chi connectivity index (χ1n) is 6.95. The monoisotopic (exact) mass is 266 g/mol. The minimum absolute atomic E-state index is 0.156. The van der Waals surface area contributed by atoms with Crippen LogP contribution in [-0.2, 0) is 9.53 Å². The molecular weight excluding hydrogens is 240 g/mol. The Morgan fingerprint density at radius 2 is 1.74 bits per heavy atom. The Labute approximate surface area is 117 Å². The second-order valence-corrected chi connectivity index (χ2v) is 4.50. The Morgan fingerprint density at radius 3 is 2.16 bits per heavy atom. The molecule has 0 spiro atoms. The summed E-state index contributed by atoms with van der Waals surface area (Å²) in [4.78, 5) is 9.97. The molecule has 4 heteroatoms. The smallest absolute Gasteiger partial charge is 0.319 e. The van der Waals surface area contributed by atoms with Crippen LogP contribution in [0.3, 0.4) is 0 Å². The van der Waals surface area contributed by atoms with Crippen LogP contribution < -0.4 is 0 Å². The number of nitriles is 2. The van der Waals surface area contributed by atoms with Crippen LogP contribution in [0.4, 0.5) is 0 Å². The molecule has 0 aromatic heterocycles. The average Bonchev–Trinajstić information content (AvgIpc) is 2.43. The predicted octanol–water partition coefficient (Wildman–Crippen LogP) is 3.97. The van der Waals surface area contributed by atoms with E-state index in [2.05, 4.69) is 17.7 Å². The van der Waals surface area contributed by atoms with Crippen molar-refractivity contribution < 1.29 is 9.53 Å². The molecule has 0 aliphatic heterocycles. The fourth-order valence-corrected chi connectivity index (χ4v) is 1.43. The molecule has 0 aliphatic rings. The molecule has 1 atom stereocenters. The van der Waals surface area contributed by atoms with Crippen LogP contribution in [0.15, 0.2) is 0 Å². The lowest BCUT2D eigenvalue weighted by Crippen LogP contribution is -1.96. The second-order valence-electron chi connectivity index (χ2n) is 4.50. The van der Waals surface area contributed by atoms with Crippen LogP contribution in [0.25, 0.3) is 0 Å². The summed E-state index contributed by atoms with van der Waals surface area (Å²) in [6.45, 7) is 4.24. The van der Waals surface area contributed by atoms with Crippen molar-refractivity contribution in [3.8, 4) is 12.1 Å². The summed E-state index contributed by atoms with van der Waals surface area (Å²) in [5, 5.41) is 16.3. The lowest BCUT2D eigenvalue weighted by atomic mass is 10.0. The molecule has 0 saturated carbocycles. The number of carbonyl (C=O) groups is 1. The van der Waals surface area contributed by atoms with Crippen molar-refractivity contribution in [2.24, 2.45) is 5.92 Å². The molecule has 0 bridgehead atoms. The standard InChI is InChI=1S/C11H21N.C4H5NO2/c1-3-4-5-6-7-8-9-11(2)10-12;1-7-4(6)2-3-5/h11H,3-9H2,1-2H3;2H2,1H3. The van der Waals surface area contributed by atoms with E-state index in [9.17, 15) is 4.79 Å². The number of esters is 1. The van der Waals surface area contributed by atoms with Gasteiger partial charge in [0.2, 0.25) is 0 Å². The molecule has 0 rings (SSSR count). The molecule has 19 heavy (non-hydrogen) atoms. The van der Waals surface area contributed by atoms with Gasteiger partial charge in [0.1, 0.15) is 6.42 Å². The Hall–Kier alpha value is -1.55. The summed E-state index contributed by atoms with van der Waals surface area (Å²) in [6, 6.07) is 3.91. The quantitative estimate of drug-likeness (QED) is 0.492. The Kier molecular flexibility index (Phi) is 17.1. The van der Waals surface area contributed by atoms with Crippen LogP contribution in [0.1, 0.15) is 65.2 Å². The van der Waals surface area contributed by atoms with Crippen molar-refractivity contribution in [2.75, 3.05) is 7.11 Å². The van der Waals surface area contributed by atoms with Crippen molar-refractivity contribution >= 4 is 5.97 Å². The van der Waals surface area contributed by atoms with Gasteiger partial charge < -0.3 is 4.74 Å². The number of methoxy groups -OCH3 is 1. The highest BCUT2D eigenvalue weighted by atomic mass is 16.5. The minimum Gasteiger partial charge on any atom is -0.468 e. The van der Waals surface area contributed by atoms with Crippen molar-refractivity contribution in [2.45, 2.75) is 65.2 Å². The number of unbranched alkanes of at least 4 members (excludes halogenated alkanes) is 5. The predicted molar refractivity (Wildman–Crippen MR) is 75.0 cm³/mol. The van der Waals surface area contributed by atoms with Gasteiger partial charge in [-0.05, 0) is 13.3 Å². The van der Waals surface area contributed by atoms with E-state index in [1.807, 2.05) is 6.92 Å². The maximum Gasteiger partial charge on any atom is 0.319 e. The van der Waals surface area contributed by atoms with E-state index < -0.39 is 5.97 Å². The van der Waals surface area contributed by atoms with E-state index in [4.69, 9.17) is 10.5 Å². The molecule has 1 unspecified atom stereocenters. The molecule has 0 aliphatic carbocycles. The summed E-state index contributed by atoms with van der Waals surface area (Å²) >= 11 is 0. The molecular formula is C15H26N2O2. The maximum atomic E-state index is 9.97. The van der Waals surface area contributed by atoms with Gasteiger partial charge in [-0.3, -0.25) is 4.79 Å². The fraction of sp³-hybridized carbons (Fsp3) is 0.800. The maximum absolute atomic E-state index is 9.97. The summed E-state index contributed by atoms with van der Waals surface area (Å²) in [5.74, 6) is -0.223. The second kappa shape index (κ2) is 16.4. The van der Waals surface area contributed by atoms with Gasteiger partial charge in [0.15, 0.2) is 0 Å². The topological polar surface area (TPSA) is 73.9 Å². The number of hydrogen-bond donors (Lipinski definition) is 0. The lowest BCUT2D eigenvalue weighted by Gasteiger charge is -2.01. The zero-order valence-corrected chi connectivity index (χ0v) is 12.4. The van der Waals surface area contributed by atoms with Gasteiger partial charge in [0.05, 0.1) is 19.2 Å². The summed E-state index contributed by atoms with van der Waals surface area (Å²) in [7, 11) is 1.25. The van der Waals surface area contributed by atoms with Crippen molar-refractivity contribution in [1.82, 2.24) is 0 Å². The molecule has 0 amide bonds. The van der Waals surface area contributed by atoms with E-state index >= 15 is 0 Å². The Bertz CT molecular complexity index is 290. The summed E-state index contributed by atoms with van der Waals surface area (Å²) < 4.78 is 4.13. The highest BCUT2D eigenvalue weighted by Gasteiger charge is 1.97. The van der Waals surface area contributed by atoms with E-state index in [0.717, 1.165) is 6.42 Å². The third kappa shape index (κ3) is 19.0. The van der Waals surface area contributed by atoms with Crippen molar-refractivity contribution in [3.05, 3.63) is 0 Å². The fourth-order valence-electron chi connectivity index (χ4n) is 1.43. The number of nitrogens with zero attached hydrogens (tertiary/aromatic N) is 2. The first kappa shape index (κ1) is 19.8. The number of hydrogen-bond acceptors (Lipinski definition) is 4. The number of carbonyl (C=O) groups excluding carboxylic acids is 1. The molecule has 0 fully saturated rings. The lowest BCUT2D eigenvalue weighted by molar-refractivity contribution is -0.139. The summed E-state index contributed by atoms with van der Waals surface area (Å²) in [6.07, 6.45) is 8.88. The SMILES string of the molecule is CCCCCCCCC(C)C#N.COC(=O)CC#N. The van der Waals surface area contributed by atoms with Gasteiger partial charge in [0, 0.05) is 5.92 Å². The van der Waals surface area contributed by atoms with Gasteiger partial charge in [-0.1, -0.05) is 45.4 Å². The first-order chi connectivity index (χ1) is 9.12. The van der Waals surface area contributed by atoms with E-state index in [0.29, 0.717) is 0 Å². The highest BCUT2D eigenvalue weighted by molar-refractivity contribution is 5.71. The first-order valence-corrected chi connectivity index (χ1v) is 6.95. The number of rotatable bonds is 8. The van der Waals surface area contributed by atoms with Crippen molar-refractivity contribution in [1.29, 1.82) is 10.5 Å². The zero-order valence-electron chi connectivity index (χ0n) is 12.4. The van der Waals surface area contributed by atoms with Crippen LogP contribution in [0, 0.1) is 28.6 Å². The van der Waals surface area contributed by atoms with E-state index in [1.54, 1.807) is 6.07 Å². The Balaban J connectivity index is 0. The van der Waals surface area contributed by atoms with E-state index in [-0.39, 0.29) is 12.3 Å². The molecule has 108 valence electrons. The van der Waals surface area contributed by atoms with Crippen LogP contribution in [0.5, 0.6) is 0 Å². The minimum atomic E-state index is -0.484. The average molecular weight is 266 g/mol. The van der Waals surface area contributed by atoms with E-state index in [1.165, 1.54) is 45.6 Å². The van der Waals surface area contributed by atoms with Crippen LogP contribution >= 0.6 is 0 Å². The Morgan fingerprint density at radius 1 is 1.16 bits per heavy atom. The molecule has 0 aromatic rings. The van der Waals surface area contributed by atoms with Crippen LogP contribution in [-0.4, -0.2) is 13.1 Å². The number of ether oxygens (including phenoxy) is 1. The van der Waals surface area contributed by atoms with Gasteiger partial charge in [-0.2, -0.15) is 10.5 Å². The molecule has 0 heterocycles. The highest BCUT2D eigenvalue weighted by Crippen LogP contribution is 2.10. The third-order valence-electron chi connectivity index (χ3n) is 2.66. The summed E-state index contributed by atoms with van der Waals surface area (Å²) in [5.41, 5.74) is 0. The largest absolute Gasteiger partial charge is 0.468 e. The molecule has 4 nitrogen and oxygen atoms in total. The zero-order chi connectivity index (χ0) is 14.9. The molecule has 0 radical (unpaired) electrons. The molecule has 0 aromatic carbocycles. The van der Waals surface area contributed by atoms with Gasteiger partial charge in [-0.15, -0.1) is 0 Å². The molecule has 0 saturated heterocycles. The van der Waals surface area contributed by atoms with Crippen molar-refractivity contribution in [3.63, 3.8) is 0 Å². The third-order valence-corrected chi connectivity index (χ3v) is 2.66. The van der Waals surface area contributed by atoms with Crippen LogP contribution in [0.2, 0.25) is 0 Å².